The smallest absolute Gasteiger partial charge is 0.251 e. The lowest BCUT2D eigenvalue weighted by Gasteiger charge is -2.07. The molecule has 2 aromatic rings. The number of hydrogen-bond donors (Lipinski definition) is 2. The van der Waals surface area contributed by atoms with E-state index in [0.29, 0.717) is 15.7 Å². The van der Waals surface area contributed by atoms with Gasteiger partial charge in [-0.3, -0.25) is 4.79 Å². The number of benzene rings is 1. The highest BCUT2D eigenvalue weighted by Crippen LogP contribution is 2.29. The fourth-order valence-electron chi connectivity index (χ4n) is 1.79. The number of H-pyrrole nitrogens is 1. The molecule has 0 aliphatic carbocycles. The monoisotopic (exact) mass is 310 g/mol. The quantitative estimate of drug-likeness (QED) is 0.833. The molecular formula is C14H15ClN2O2S. The fraction of sp³-hybridized carbons (Fsp3) is 0.286. The number of aryl methyl sites for hydroxylation is 1. The molecule has 2 rings (SSSR count). The molecule has 1 heterocycles. The van der Waals surface area contributed by atoms with Gasteiger partial charge in [0.25, 0.3) is 5.56 Å². The molecule has 0 unspecified atom stereocenters. The van der Waals surface area contributed by atoms with E-state index in [1.165, 1.54) is 17.8 Å². The van der Waals surface area contributed by atoms with Crippen molar-refractivity contribution in [2.45, 2.75) is 36.4 Å². The van der Waals surface area contributed by atoms with Crippen molar-refractivity contribution < 1.29 is 5.11 Å². The van der Waals surface area contributed by atoms with E-state index < -0.39 is 0 Å². The molecule has 0 saturated carbocycles. The van der Waals surface area contributed by atoms with Crippen molar-refractivity contribution in [3.63, 3.8) is 0 Å². The Bertz CT molecular complexity index is 658. The van der Waals surface area contributed by atoms with Crippen molar-refractivity contribution in [3.8, 4) is 0 Å². The summed E-state index contributed by atoms with van der Waals surface area (Å²) in [7, 11) is 0. The molecule has 0 atom stereocenters. The van der Waals surface area contributed by atoms with Crippen LogP contribution in [0.1, 0.15) is 24.6 Å². The molecule has 2 N–H and O–H groups in total. The first kappa shape index (κ1) is 15.1. The summed E-state index contributed by atoms with van der Waals surface area (Å²) >= 11 is 7.21. The van der Waals surface area contributed by atoms with Gasteiger partial charge < -0.3 is 10.1 Å². The Kier molecular flexibility index (Phi) is 5.23. The number of aliphatic hydroxyl groups excluding tert-OH is 1. The Morgan fingerprint density at radius 2 is 2.20 bits per heavy atom. The summed E-state index contributed by atoms with van der Waals surface area (Å²) in [5.41, 5.74) is 1.33. The highest BCUT2D eigenvalue weighted by atomic mass is 35.5. The van der Waals surface area contributed by atoms with E-state index >= 15 is 0 Å². The third-order valence-electron chi connectivity index (χ3n) is 2.68. The van der Waals surface area contributed by atoms with Gasteiger partial charge in [0.05, 0.1) is 6.61 Å². The van der Waals surface area contributed by atoms with Crippen LogP contribution < -0.4 is 5.56 Å². The summed E-state index contributed by atoms with van der Waals surface area (Å²) in [5.74, 6) is 0. The number of rotatable bonds is 5. The molecule has 6 heteroatoms. The predicted molar refractivity (Wildman–Crippen MR) is 80.4 cm³/mol. The van der Waals surface area contributed by atoms with E-state index in [0.717, 1.165) is 23.4 Å². The number of aromatic nitrogens is 2. The summed E-state index contributed by atoms with van der Waals surface area (Å²) in [5, 5.41) is 10.4. The van der Waals surface area contributed by atoms with Gasteiger partial charge in [0, 0.05) is 21.7 Å². The topological polar surface area (TPSA) is 66.0 Å². The zero-order valence-electron chi connectivity index (χ0n) is 11.0. The SMILES string of the molecule is CCCc1cc(=O)[nH]c(Sc2ccc(Cl)cc2CO)n1. The van der Waals surface area contributed by atoms with Crippen molar-refractivity contribution in [2.24, 2.45) is 0 Å². The molecule has 0 amide bonds. The van der Waals surface area contributed by atoms with Gasteiger partial charge in [-0.1, -0.05) is 36.7 Å². The summed E-state index contributed by atoms with van der Waals surface area (Å²) in [6.45, 7) is 1.93. The second kappa shape index (κ2) is 6.92. The third-order valence-corrected chi connectivity index (χ3v) is 3.92. The van der Waals surface area contributed by atoms with E-state index in [2.05, 4.69) is 9.97 Å². The molecule has 1 aromatic carbocycles. The summed E-state index contributed by atoms with van der Waals surface area (Å²) < 4.78 is 0. The van der Waals surface area contributed by atoms with Crippen molar-refractivity contribution in [1.29, 1.82) is 0 Å². The van der Waals surface area contributed by atoms with Crippen LogP contribution in [0.2, 0.25) is 5.02 Å². The molecule has 0 radical (unpaired) electrons. The van der Waals surface area contributed by atoms with Crippen LogP contribution in [0, 0.1) is 0 Å². The van der Waals surface area contributed by atoms with Gasteiger partial charge in [0.1, 0.15) is 0 Å². The van der Waals surface area contributed by atoms with Gasteiger partial charge in [0.2, 0.25) is 0 Å². The number of nitrogens with zero attached hydrogens (tertiary/aromatic N) is 1. The second-order valence-electron chi connectivity index (χ2n) is 4.30. The van der Waals surface area contributed by atoms with Crippen molar-refractivity contribution >= 4 is 23.4 Å². The molecule has 1 aromatic heterocycles. The van der Waals surface area contributed by atoms with Gasteiger partial charge >= 0.3 is 0 Å². The van der Waals surface area contributed by atoms with Gasteiger partial charge in [-0.25, -0.2) is 4.98 Å². The standard InChI is InChI=1S/C14H15ClN2O2S/c1-2-3-11-7-13(19)17-14(16-11)20-12-5-4-10(15)6-9(12)8-18/h4-7,18H,2-3,8H2,1H3,(H,16,17,19). The number of aliphatic hydroxyl groups is 1. The van der Waals surface area contributed by atoms with Crippen molar-refractivity contribution in [3.05, 3.63) is 50.9 Å². The molecule has 0 bridgehead atoms. The Balaban J connectivity index is 2.32. The van der Waals surface area contributed by atoms with E-state index in [-0.39, 0.29) is 12.2 Å². The molecule has 0 aliphatic heterocycles. The zero-order chi connectivity index (χ0) is 14.5. The highest BCUT2D eigenvalue weighted by molar-refractivity contribution is 7.99. The lowest BCUT2D eigenvalue weighted by Crippen LogP contribution is -2.10. The van der Waals surface area contributed by atoms with Crippen molar-refractivity contribution in [2.75, 3.05) is 0 Å². The van der Waals surface area contributed by atoms with Crippen LogP contribution in [0.5, 0.6) is 0 Å². The minimum atomic E-state index is -0.162. The van der Waals surface area contributed by atoms with Gasteiger partial charge in [0.15, 0.2) is 5.16 Å². The fourth-order valence-corrected chi connectivity index (χ4v) is 2.90. The molecule has 106 valence electrons. The number of hydrogen-bond acceptors (Lipinski definition) is 4. The average Bonchev–Trinajstić information content (AvgIpc) is 2.40. The van der Waals surface area contributed by atoms with E-state index in [4.69, 9.17) is 11.6 Å². The van der Waals surface area contributed by atoms with E-state index in [1.807, 2.05) is 13.0 Å². The van der Waals surface area contributed by atoms with E-state index in [9.17, 15) is 9.90 Å². The van der Waals surface area contributed by atoms with Gasteiger partial charge in [-0.15, -0.1) is 0 Å². The van der Waals surface area contributed by atoms with Crippen LogP contribution >= 0.6 is 23.4 Å². The minimum absolute atomic E-state index is 0.109. The van der Waals surface area contributed by atoms with Gasteiger partial charge in [-0.05, 0) is 30.2 Å². The summed E-state index contributed by atoms with van der Waals surface area (Å²) in [4.78, 5) is 19.5. The number of halogens is 1. The second-order valence-corrected chi connectivity index (χ2v) is 5.77. The highest BCUT2D eigenvalue weighted by Gasteiger charge is 2.08. The first-order valence-corrected chi connectivity index (χ1v) is 7.49. The van der Waals surface area contributed by atoms with Crippen LogP contribution in [0.3, 0.4) is 0 Å². The Morgan fingerprint density at radius 3 is 2.90 bits per heavy atom. The Morgan fingerprint density at radius 1 is 1.40 bits per heavy atom. The molecule has 0 spiro atoms. The first-order valence-electron chi connectivity index (χ1n) is 6.29. The van der Waals surface area contributed by atoms with Crippen LogP contribution in [-0.4, -0.2) is 15.1 Å². The lowest BCUT2D eigenvalue weighted by atomic mass is 10.2. The average molecular weight is 311 g/mol. The third kappa shape index (κ3) is 3.85. The summed E-state index contributed by atoms with van der Waals surface area (Å²) in [6, 6.07) is 6.78. The normalized spacial score (nSPS) is 10.8. The largest absolute Gasteiger partial charge is 0.392 e. The lowest BCUT2D eigenvalue weighted by molar-refractivity contribution is 0.279. The van der Waals surface area contributed by atoms with E-state index in [1.54, 1.807) is 12.1 Å². The maximum absolute atomic E-state index is 11.6. The zero-order valence-corrected chi connectivity index (χ0v) is 12.6. The minimum Gasteiger partial charge on any atom is -0.392 e. The van der Waals surface area contributed by atoms with Crippen LogP contribution in [-0.2, 0) is 13.0 Å². The Hall–Kier alpha value is -1.30. The Labute approximate surface area is 126 Å². The maximum atomic E-state index is 11.6. The molecule has 0 fully saturated rings. The van der Waals surface area contributed by atoms with Gasteiger partial charge in [-0.2, -0.15) is 0 Å². The van der Waals surface area contributed by atoms with Crippen LogP contribution in [0.15, 0.2) is 39.1 Å². The number of aromatic amines is 1. The van der Waals surface area contributed by atoms with Crippen LogP contribution in [0.4, 0.5) is 0 Å². The molecule has 0 saturated heterocycles. The molecule has 0 aliphatic rings. The number of nitrogens with one attached hydrogen (secondary N) is 1. The molecule has 4 nitrogen and oxygen atoms in total. The van der Waals surface area contributed by atoms with Crippen LogP contribution in [0.25, 0.3) is 0 Å². The summed E-state index contributed by atoms with van der Waals surface area (Å²) in [6.07, 6.45) is 1.70. The molecular weight excluding hydrogens is 296 g/mol. The van der Waals surface area contributed by atoms with Crippen molar-refractivity contribution in [1.82, 2.24) is 9.97 Å². The predicted octanol–water partition coefficient (Wildman–Crippen LogP) is 3.02. The molecule has 20 heavy (non-hydrogen) atoms. The maximum Gasteiger partial charge on any atom is 0.251 e. The first-order chi connectivity index (χ1) is 9.62.